The molecule has 1 rings (SSSR count). The van der Waals surface area contributed by atoms with E-state index in [1.807, 2.05) is 0 Å². The zero-order valence-corrected chi connectivity index (χ0v) is 10.7. The van der Waals surface area contributed by atoms with Crippen molar-refractivity contribution >= 4 is 32.4 Å². The van der Waals surface area contributed by atoms with Gasteiger partial charge in [0.1, 0.15) is 15.7 Å². The summed E-state index contributed by atoms with van der Waals surface area (Å²) in [6.45, 7) is 7.80. The summed E-state index contributed by atoms with van der Waals surface area (Å²) in [5.41, 5.74) is 6.41. The minimum absolute atomic E-state index is 0.0948. The first-order valence-corrected chi connectivity index (χ1v) is 5.75. The number of benzene rings is 1. The van der Waals surface area contributed by atoms with Crippen molar-refractivity contribution in [2.75, 3.05) is 0 Å². The topological polar surface area (TPSA) is 17.1 Å². The Bertz CT molecular complexity index is 436. The molecule has 0 radical (unpaired) electrons. The Morgan fingerprint density at radius 2 is 2.12 bits per heavy atom. The highest BCUT2D eigenvalue weighted by Gasteiger charge is 2.10. The highest BCUT2D eigenvalue weighted by molar-refractivity contribution is 6.40. The zero-order valence-electron chi connectivity index (χ0n) is 10.7. The molecule has 0 spiro atoms. The van der Waals surface area contributed by atoms with Crippen LogP contribution in [-0.4, -0.2) is 21.5 Å². The molecule has 0 fully saturated rings. The Labute approximate surface area is 99.8 Å². The molecule has 0 unspecified atom stereocenters. The van der Waals surface area contributed by atoms with Crippen LogP contribution in [0, 0.1) is 6.92 Å². The first-order chi connectivity index (χ1) is 7.51. The molecule has 3 heteroatoms. The van der Waals surface area contributed by atoms with Gasteiger partial charge in [0.15, 0.2) is 5.78 Å². The van der Waals surface area contributed by atoms with Gasteiger partial charge in [0.2, 0.25) is 0 Å². The lowest BCUT2D eigenvalue weighted by Crippen LogP contribution is -2.26. The predicted octanol–water partition coefficient (Wildman–Crippen LogP) is -0.628. The number of ketones is 1. The molecule has 0 atom stereocenters. The second-order valence-electron chi connectivity index (χ2n) is 4.28. The Morgan fingerprint density at radius 3 is 2.62 bits per heavy atom. The SMILES string of the molecule is Bc1cc(CC(=O)C=C)c(CC)c(B)c1C. The van der Waals surface area contributed by atoms with Crippen LogP contribution in [0.5, 0.6) is 0 Å². The van der Waals surface area contributed by atoms with Gasteiger partial charge >= 0.3 is 0 Å². The number of carbonyl (C=O) groups is 1. The minimum atomic E-state index is 0.0948. The van der Waals surface area contributed by atoms with Gasteiger partial charge in [-0.05, 0) is 25.0 Å². The molecule has 0 N–H and O–H groups in total. The van der Waals surface area contributed by atoms with Crippen molar-refractivity contribution in [1.29, 1.82) is 0 Å². The first-order valence-electron chi connectivity index (χ1n) is 5.75. The van der Waals surface area contributed by atoms with Gasteiger partial charge in [-0.25, -0.2) is 0 Å². The van der Waals surface area contributed by atoms with Crippen LogP contribution in [0.15, 0.2) is 18.7 Å². The number of hydrogen-bond acceptors (Lipinski definition) is 1. The number of allylic oxidation sites excluding steroid dienone is 1. The standard InChI is InChI=1S/C13H18B2O/c1-4-10(16)6-9-7-12(14)8(3)13(15)11(9)5-2/h4,7H,1,5-6,14-15H2,2-3H3. The Morgan fingerprint density at radius 1 is 1.50 bits per heavy atom. The van der Waals surface area contributed by atoms with Crippen LogP contribution in [0.3, 0.4) is 0 Å². The average molecular weight is 212 g/mol. The average Bonchev–Trinajstić information content (AvgIpc) is 2.26. The third-order valence-corrected chi connectivity index (χ3v) is 3.33. The third-order valence-electron chi connectivity index (χ3n) is 3.33. The number of rotatable bonds is 4. The summed E-state index contributed by atoms with van der Waals surface area (Å²) >= 11 is 0. The minimum Gasteiger partial charge on any atom is -0.295 e. The molecule has 0 aliphatic heterocycles. The summed E-state index contributed by atoms with van der Waals surface area (Å²) in [5.74, 6) is 0.0948. The molecule has 0 aliphatic rings. The molecule has 82 valence electrons. The van der Waals surface area contributed by atoms with Crippen molar-refractivity contribution < 1.29 is 4.79 Å². The molecule has 0 heterocycles. The molecule has 1 nitrogen and oxygen atoms in total. The number of carbonyl (C=O) groups excluding carboxylic acids is 1. The largest absolute Gasteiger partial charge is 0.295 e. The van der Waals surface area contributed by atoms with E-state index in [1.54, 1.807) is 0 Å². The molecule has 0 aromatic heterocycles. The summed E-state index contributed by atoms with van der Waals surface area (Å²) in [5, 5.41) is 0. The molecule has 0 saturated carbocycles. The lowest BCUT2D eigenvalue weighted by molar-refractivity contribution is -0.114. The summed E-state index contributed by atoms with van der Waals surface area (Å²) in [6.07, 6.45) is 2.87. The molecule has 0 bridgehead atoms. The van der Waals surface area contributed by atoms with Crippen molar-refractivity contribution in [2.24, 2.45) is 0 Å². The van der Waals surface area contributed by atoms with E-state index in [0.29, 0.717) is 6.42 Å². The maximum atomic E-state index is 11.4. The summed E-state index contributed by atoms with van der Waals surface area (Å²) in [7, 11) is 4.24. The van der Waals surface area contributed by atoms with Crippen LogP contribution in [0.2, 0.25) is 0 Å². The van der Waals surface area contributed by atoms with Gasteiger partial charge in [0.25, 0.3) is 0 Å². The normalized spacial score (nSPS) is 10.1. The fourth-order valence-corrected chi connectivity index (χ4v) is 2.13. The molecular weight excluding hydrogens is 194 g/mol. The second-order valence-corrected chi connectivity index (χ2v) is 4.28. The van der Waals surface area contributed by atoms with Crippen LogP contribution < -0.4 is 10.9 Å². The monoisotopic (exact) mass is 212 g/mol. The summed E-state index contributed by atoms with van der Waals surface area (Å²) in [4.78, 5) is 11.4. The first kappa shape index (κ1) is 12.8. The lowest BCUT2D eigenvalue weighted by atomic mass is 9.75. The molecule has 1 aromatic carbocycles. The van der Waals surface area contributed by atoms with Crippen LogP contribution in [0.4, 0.5) is 0 Å². The van der Waals surface area contributed by atoms with Crippen molar-refractivity contribution in [3.8, 4) is 0 Å². The van der Waals surface area contributed by atoms with E-state index in [2.05, 4.69) is 42.2 Å². The van der Waals surface area contributed by atoms with Crippen LogP contribution >= 0.6 is 0 Å². The van der Waals surface area contributed by atoms with Gasteiger partial charge in [-0.3, -0.25) is 4.79 Å². The van der Waals surface area contributed by atoms with Gasteiger partial charge in [-0.15, -0.1) is 0 Å². The van der Waals surface area contributed by atoms with E-state index in [0.717, 1.165) is 12.0 Å². The molecule has 0 saturated heterocycles. The molecule has 1 aromatic rings. The van der Waals surface area contributed by atoms with Crippen LogP contribution in [-0.2, 0) is 17.6 Å². The fourth-order valence-electron chi connectivity index (χ4n) is 2.13. The van der Waals surface area contributed by atoms with E-state index in [9.17, 15) is 4.79 Å². The van der Waals surface area contributed by atoms with Gasteiger partial charge < -0.3 is 0 Å². The van der Waals surface area contributed by atoms with Crippen LogP contribution in [0.25, 0.3) is 0 Å². The maximum absolute atomic E-state index is 11.4. The van der Waals surface area contributed by atoms with Crippen molar-refractivity contribution in [3.63, 3.8) is 0 Å². The summed E-state index contributed by atoms with van der Waals surface area (Å²) in [6, 6.07) is 2.14. The van der Waals surface area contributed by atoms with E-state index in [1.165, 1.54) is 28.1 Å². The second kappa shape index (κ2) is 5.20. The summed E-state index contributed by atoms with van der Waals surface area (Å²) < 4.78 is 0. The van der Waals surface area contributed by atoms with Gasteiger partial charge in [-0.2, -0.15) is 0 Å². The molecule has 0 amide bonds. The van der Waals surface area contributed by atoms with Gasteiger partial charge in [-0.1, -0.05) is 41.6 Å². The highest BCUT2D eigenvalue weighted by Crippen LogP contribution is 2.09. The molecule has 0 aliphatic carbocycles. The van der Waals surface area contributed by atoms with E-state index in [-0.39, 0.29) is 5.78 Å². The van der Waals surface area contributed by atoms with Gasteiger partial charge in [0.05, 0.1) is 0 Å². The molecular formula is C13H18B2O. The lowest BCUT2D eigenvalue weighted by Gasteiger charge is -2.15. The Balaban J connectivity index is 3.27. The van der Waals surface area contributed by atoms with E-state index < -0.39 is 0 Å². The number of hydrogen-bond donors (Lipinski definition) is 0. The van der Waals surface area contributed by atoms with Crippen molar-refractivity contribution in [1.82, 2.24) is 0 Å². The van der Waals surface area contributed by atoms with E-state index >= 15 is 0 Å². The van der Waals surface area contributed by atoms with E-state index in [4.69, 9.17) is 0 Å². The zero-order chi connectivity index (χ0) is 12.3. The van der Waals surface area contributed by atoms with Gasteiger partial charge in [0, 0.05) is 6.42 Å². The highest BCUT2D eigenvalue weighted by atomic mass is 16.1. The fraction of sp³-hybridized carbons (Fsp3) is 0.308. The Kier molecular flexibility index (Phi) is 4.17. The maximum Gasteiger partial charge on any atom is 0.159 e. The Hall–Kier alpha value is -1.24. The van der Waals surface area contributed by atoms with Crippen molar-refractivity contribution in [2.45, 2.75) is 26.7 Å². The van der Waals surface area contributed by atoms with Crippen molar-refractivity contribution in [3.05, 3.63) is 35.4 Å². The smallest absolute Gasteiger partial charge is 0.159 e. The quantitative estimate of drug-likeness (QED) is 0.479. The predicted molar refractivity (Wildman–Crippen MR) is 75.8 cm³/mol. The van der Waals surface area contributed by atoms with Crippen LogP contribution in [0.1, 0.15) is 23.6 Å². The molecule has 16 heavy (non-hydrogen) atoms. The third kappa shape index (κ3) is 2.46.